The van der Waals surface area contributed by atoms with Crippen LogP contribution in [0.4, 0.5) is 10.1 Å². The van der Waals surface area contributed by atoms with Gasteiger partial charge in [0.1, 0.15) is 5.82 Å². The fourth-order valence-electron chi connectivity index (χ4n) is 2.13. The van der Waals surface area contributed by atoms with Crippen LogP contribution in [0.3, 0.4) is 0 Å². The van der Waals surface area contributed by atoms with Gasteiger partial charge in [-0.05, 0) is 29.7 Å². The van der Waals surface area contributed by atoms with E-state index in [-0.39, 0.29) is 23.0 Å². The second-order valence-electron chi connectivity index (χ2n) is 5.35. The fourth-order valence-corrected chi connectivity index (χ4v) is 2.29. The number of nitrogens with one attached hydrogen (secondary N) is 1. The molecule has 0 heterocycles. The molecule has 1 amide bonds. The highest BCUT2D eigenvalue weighted by Crippen LogP contribution is 2.20. The molecule has 4 nitrogen and oxygen atoms in total. The van der Waals surface area contributed by atoms with Gasteiger partial charge in [-0.25, -0.2) is 4.39 Å². The van der Waals surface area contributed by atoms with E-state index < -0.39 is 24.3 Å². The highest BCUT2D eigenvalue weighted by molar-refractivity contribution is 6.30. The fraction of sp³-hybridized carbons (Fsp3) is 0.222. The lowest BCUT2D eigenvalue weighted by Gasteiger charge is -2.11. The van der Waals surface area contributed by atoms with E-state index >= 15 is 0 Å². The molecule has 0 saturated carbocycles. The van der Waals surface area contributed by atoms with E-state index in [2.05, 4.69) is 5.32 Å². The molecule has 2 aromatic carbocycles. The molecule has 126 valence electrons. The van der Waals surface area contributed by atoms with Crippen LogP contribution in [-0.4, -0.2) is 18.5 Å². The van der Waals surface area contributed by atoms with Crippen LogP contribution in [0, 0.1) is 5.82 Å². The molecule has 0 aromatic heterocycles. The van der Waals surface area contributed by atoms with Gasteiger partial charge in [0.05, 0.1) is 12.1 Å². The lowest BCUT2D eigenvalue weighted by atomic mass is 9.98. The number of carbonyl (C=O) groups is 2. The van der Waals surface area contributed by atoms with E-state index in [0.717, 1.165) is 11.6 Å². The molecule has 0 bridgehead atoms. The third-order valence-electron chi connectivity index (χ3n) is 3.41. The number of halogens is 2. The largest absolute Gasteiger partial charge is 0.456 e. The highest BCUT2D eigenvalue weighted by Gasteiger charge is 2.14. The number of amides is 1. The Hall–Kier alpha value is -2.40. The summed E-state index contributed by atoms with van der Waals surface area (Å²) in [6.45, 7) is 1.43. The number of anilines is 1. The third-order valence-corrected chi connectivity index (χ3v) is 3.65. The molecule has 0 aliphatic rings. The number of esters is 1. The number of carbonyl (C=O) groups excluding carboxylic acids is 2. The Balaban J connectivity index is 1.80. The van der Waals surface area contributed by atoms with Crippen LogP contribution in [-0.2, 0) is 14.3 Å². The molecular formula is C18H17ClFNO3. The molecule has 1 N–H and O–H groups in total. The summed E-state index contributed by atoms with van der Waals surface area (Å²) >= 11 is 5.63. The summed E-state index contributed by atoms with van der Waals surface area (Å²) in [6, 6.07) is 13.4. The van der Waals surface area contributed by atoms with E-state index in [1.807, 2.05) is 37.3 Å². The zero-order valence-electron chi connectivity index (χ0n) is 13.1. The third kappa shape index (κ3) is 5.35. The predicted octanol–water partition coefficient (Wildman–Crippen LogP) is 4.15. The van der Waals surface area contributed by atoms with E-state index in [0.29, 0.717) is 0 Å². The molecule has 0 spiro atoms. The molecule has 0 aliphatic carbocycles. The van der Waals surface area contributed by atoms with Gasteiger partial charge < -0.3 is 10.1 Å². The quantitative estimate of drug-likeness (QED) is 0.797. The molecule has 6 heteroatoms. The van der Waals surface area contributed by atoms with Crippen molar-refractivity contribution in [3.05, 3.63) is 64.9 Å². The van der Waals surface area contributed by atoms with Crippen molar-refractivity contribution in [3.63, 3.8) is 0 Å². The van der Waals surface area contributed by atoms with Crippen molar-refractivity contribution in [1.82, 2.24) is 0 Å². The predicted molar refractivity (Wildman–Crippen MR) is 90.5 cm³/mol. The summed E-state index contributed by atoms with van der Waals surface area (Å²) in [4.78, 5) is 23.5. The monoisotopic (exact) mass is 349 g/mol. The van der Waals surface area contributed by atoms with Crippen molar-refractivity contribution in [2.45, 2.75) is 19.3 Å². The normalized spacial score (nSPS) is 11.6. The molecular weight excluding hydrogens is 333 g/mol. The molecule has 24 heavy (non-hydrogen) atoms. The molecule has 0 saturated heterocycles. The van der Waals surface area contributed by atoms with E-state index in [1.54, 1.807) is 0 Å². The lowest BCUT2D eigenvalue weighted by molar-refractivity contribution is -0.147. The average molecular weight is 350 g/mol. The molecule has 0 fully saturated rings. The maximum Gasteiger partial charge on any atom is 0.306 e. The minimum absolute atomic E-state index is 0.0156. The van der Waals surface area contributed by atoms with Crippen LogP contribution in [0.2, 0.25) is 5.02 Å². The summed E-state index contributed by atoms with van der Waals surface area (Å²) < 4.78 is 18.5. The maximum absolute atomic E-state index is 13.6. The topological polar surface area (TPSA) is 55.4 Å². The van der Waals surface area contributed by atoms with Crippen molar-refractivity contribution < 1.29 is 18.7 Å². The zero-order chi connectivity index (χ0) is 17.5. The molecule has 0 radical (unpaired) electrons. The lowest BCUT2D eigenvalue weighted by Crippen LogP contribution is -2.22. The van der Waals surface area contributed by atoms with E-state index in [1.165, 1.54) is 12.1 Å². The number of rotatable bonds is 6. The van der Waals surface area contributed by atoms with Gasteiger partial charge in [0.25, 0.3) is 5.91 Å². The standard InChI is InChI=1S/C18H17ClFNO3/c1-12(13-5-3-2-4-6-13)9-18(23)24-11-17(22)21-16-8-7-14(19)10-15(16)20/h2-8,10,12H,9,11H2,1H3,(H,21,22). The Kier molecular flexibility index (Phi) is 6.32. The van der Waals surface area contributed by atoms with Gasteiger partial charge in [0, 0.05) is 5.02 Å². The Labute approximate surface area is 144 Å². The first-order valence-electron chi connectivity index (χ1n) is 7.41. The number of benzene rings is 2. The number of ether oxygens (including phenoxy) is 1. The smallest absolute Gasteiger partial charge is 0.306 e. The first kappa shape index (κ1) is 17.9. The SMILES string of the molecule is CC(CC(=O)OCC(=O)Nc1ccc(Cl)cc1F)c1ccccc1. The van der Waals surface area contributed by atoms with E-state index in [9.17, 15) is 14.0 Å². The van der Waals surface area contributed by atoms with Crippen LogP contribution >= 0.6 is 11.6 Å². The van der Waals surface area contributed by atoms with Crippen LogP contribution in [0.15, 0.2) is 48.5 Å². The van der Waals surface area contributed by atoms with Crippen molar-refractivity contribution in [3.8, 4) is 0 Å². The van der Waals surface area contributed by atoms with Gasteiger partial charge in [-0.15, -0.1) is 0 Å². The van der Waals surface area contributed by atoms with Crippen molar-refractivity contribution in [1.29, 1.82) is 0 Å². The van der Waals surface area contributed by atoms with Gasteiger partial charge in [-0.3, -0.25) is 9.59 Å². The van der Waals surface area contributed by atoms with E-state index in [4.69, 9.17) is 16.3 Å². The average Bonchev–Trinajstić information content (AvgIpc) is 2.56. The van der Waals surface area contributed by atoms with Crippen molar-refractivity contribution >= 4 is 29.2 Å². The van der Waals surface area contributed by atoms with Crippen LogP contribution < -0.4 is 5.32 Å². The van der Waals surface area contributed by atoms with Crippen LogP contribution in [0.1, 0.15) is 24.8 Å². The summed E-state index contributed by atoms with van der Waals surface area (Å²) in [5, 5.41) is 2.56. The van der Waals surface area contributed by atoms with Crippen LogP contribution in [0.5, 0.6) is 0 Å². The minimum Gasteiger partial charge on any atom is -0.456 e. The number of hydrogen-bond donors (Lipinski definition) is 1. The van der Waals surface area contributed by atoms with Crippen molar-refractivity contribution in [2.75, 3.05) is 11.9 Å². The summed E-state index contributed by atoms with van der Waals surface area (Å²) in [7, 11) is 0. The summed E-state index contributed by atoms with van der Waals surface area (Å²) in [5.41, 5.74) is 1.00. The molecule has 1 unspecified atom stereocenters. The highest BCUT2D eigenvalue weighted by atomic mass is 35.5. The van der Waals surface area contributed by atoms with Gasteiger partial charge in [-0.1, -0.05) is 48.9 Å². The summed E-state index contributed by atoms with van der Waals surface area (Å²) in [6.07, 6.45) is 0.159. The molecule has 0 aliphatic heterocycles. The maximum atomic E-state index is 13.6. The number of hydrogen-bond acceptors (Lipinski definition) is 3. The first-order chi connectivity index (χ1) is 11.5. The zero-order valence-corrected chi connectivity index (χ0v) is 13.8. The molecule has 1 atom stereocenters. The second kappa shape index (κ2) is 8.45. The molecule has 2 rings (SSSR count). The Bertz CT molecular complexity index is 721. The summed E-state index contributed by atoms with van der Waals surface area (Å²) in [5.74, 6) is -1.77. The van der Waals surface area contributed by atoms with Crippen LogP contribution in [0.25, 0.3) is 0 Å². The van der Waals surface area contributed by atoms with Gasteiger partial charge in [0.2, 0.25) is 0 Å². The van der Waals surface area contributed by atoms with Gasteiger partial charge in [-0.2, -0.15) is 0 Å². The van der Waals surface area contributed by atoms with Crippen molar-refractivity contribution in [2.24, 2.45) is 0 Å². The molecule has 2 aromatic rings. The van der Waals surface area contributed by atoms with Gasteiger partial charge in [0.15, 0.2) is 6.61 Å². The Morgan fingerprint density at radius 2 is 1.92 bits per heavy atom. The second-order valence-corrected chi connectivity index (χ2v) is 5.79. The first-order valence-corrected chi connectivity index (χ1v) is 7.79. The minimum atomic E-state index is -0.653. The Morgan fingerprint density at radius 3 is 2.58 bits per heavy atom. The Morgan fingerprint density at radius 1 is 1.21 bits per heavy atom. The van der Waals surface area contributed by atoms with Gasteiger partial charge >= 0.3 is 5.97 Å².